The Hall–Kier alpha value is -0.650. The van der Waals surface area contributed by atoms with Crippen molar-refractivity contribution < 1.29 is 4.74 Å². The third-order valence-corrected chi connectivity index (χ3v) is 4.32. The van der Waals surface area contributed by atoms with Gasteiger partial charge in [-0.05, 0) is 43.9 Å². The Morgan fingerprint density at radius 1 is 1.47 bits per heavy atom. The van der Waals surface area contributed by atoms with Crippen LogP contribution in [-0.4, -0.2) is 24.2 Å². The van der Waals surface area contributed by atoms with Crippen molar-refractivity contribution in [3.05, 3.63) is 28.2 Å². The van der Waals surface area contributed by atoms with E-state index in [-0.39, 0.29) is 0 Å². The molecule has 0 bridgehead atoms. The van der Waals surface area contributed by atoms with Crippen molar-refractivity contribution in [2.75, 3.05) is 18.5 Å². The summed E-state index contributed by atoms with van der Waals surface area (Å²) in [5, 5.41) is 3.54. The lowest BCUT2D eigenvalue weighted by atomic mass is 9.92. The maximum atomic E-state index is 5.79. The number of hydrogen-bond donors (Lipinski definition) is 2. The van der Waals surface area contributed by atoms with Gasteiger partial charge in [0.2, 0.25) is 0 Å². The van der Waals surface area contributed by atoms with Crippen LogP contribution >= 0.6 is 28.1 Å². The lowest BCUT2D eigenvalue weighted by Gasteiger charge is -2.29. The molecule has 1 fully saturated rings. The van der Waals surface area contributed by atoms with Gasteiger partial charge in [0.25, 0.3) is 0 Å². The Balaban J connectivity index is 2.11. The van der Waals surface area contributed by atoms with Gasteiger partial charge in [-0.25, -0.2) is 0 Å². The SMILES string of the molecule is CC(Nc1ccc(Br)cc1C(N)=S)C1CCOCC1. The molecule has 1 aromatic carbocycles. The summed E-state index contributed by atoms with van der Waals surface area (Å²) in [6.07, 6.45) is 2.21. The average molecular weight is 343 g/mol. The standard InChI is InChI=1S/C14H19BrN2OS/c1-9(10-4-6-18-7-5-10)17-13-3-2-11(15)8-12(13)14(16)19/h2-3,8-10,17H,4-7H2,1H3,(H2,16,19). The van der Waals surface area contributed by atoms with Crippen molar-refractivity contribution in [3.63, 3.8) is 0 Å². The Morgan fingerprint density at radius 2 is 2.16 bits per heavy atom. The highest BCUT2D eigenvalue weighted by molar-refractivity contribution is 9.10. The topological polar surface area (TPSA) is 47.3 Å². The fourth-order valence-corrected chi connectivity index (χ4v) is 2.96. The minimum Gasteiger partial charge on any atom is -0.389 e. The number of thiocarbonyl (C=S) groups is 1. The van der Waals surface area contributed by atoms with Crippen LogP contribution in [-0.2, 0) is 4.74 Å². The molecular formula is C14H19BrN2OS. The third-order valence-electron chi connectivity index (χ3n) is 3.60. The first-order valence-corrected chi connectivity index (χ1v) is 7.71. The van der Waals surface area contributed by atoms with E-state index in [1.165, 1.54) is 0 Å². The molecule has 1 heterocycles. The van der Waals surface area contributed by atoms with E-state index in [0.717, 1.165) is 41.8 Å². The fraction of sp³-hybridized carbons (Fsp3) is 0.500. The third kappa shape index (κ3) is 3.91. The Labute approximate surface area is 128 Å². The van der Waals surface area contributed by atoms with E-state index in [9.17, 15) is 0 Å². The van der Waals surface area contributed by atoms with Gasteiger partial charge in [0, 0.05) is 35.0 Å². The summed E-state index contributed by atoms with van der Waals surface area (Å²) in [5.74, 6) is 0.636. The minimum atomic E-state index is 0.387. The predicted molar refractivity (Wildman–Crippen MR) is 86.7 cm³/mol. The molecule has 1 aliphatic rings. The predicted octanol–water partition coefficient (Wildman–Crippen LogP) is 3.31. The number of nitrogens with one attached hydrogen (secondary N) is 1. The molecule has 0 saturated carbocycles. The van der Waals surface area contributed by atoms with E-state index >= 15 is 0 Å². The highest BCUT2D eigenvalue weighted by atomic mass is 79.9. The van der Waals surface area contributed by atoms with Crippen molar-refractivity contribution in [3.8, 4) is 0 Å². The van der Waals surface area contributed by atoms with Crippen LogP contribution in [0.4, 0.5) is 5.69 Å². The summed E-state index contributed by atoms with van der Waals surface area (Å²) in [6.45, 7) is 3.93. The number of benzene rings is 1. The summed E-state index contributed by atoms with van der Waals surface area (Å²) in [5.41, 5.74) is 7.69. The quantitative estimate of drug-likeness (QED) is 0.824. The van der Waals surface area contributed by atoms with Gasteiger partial charge in [-0.1, -0.05) is 28.1 Å². The van der Waals surface area contributed by atoms with Gasteiger partial charge in [-0.2, -0.15) is 0 Å². The number of halogens is 1. The molecule has 1 aliphatic heterocycles. The monoisotopic (exact) mass is 342 g/mol. The summed E-state index contributed by atoms with van der Waals surface area (Å²) in [4.78, 5) is 0.419. The van der Waals surface area contributed by atoms with Crippen LogP contribution in [0.3, 0.4) is 0 Å². The lowest BCUT2D eigenvalue weighted by molar-refractivity contribution is 0.0622. The van der Waals surface area contributed by atoms with Crippen molar-refractivity contribution in [1.82, 2.24) is 0 Å². The largest absolute Gasteiger partial charge is 0.389 e. The summed E-state index contributed by atoms with van der Waals surface area (Å²) >= 11 is 8.56. The Morgan fingerprint density at radius 3 is 2.79 bits per heavy atom. The number of anilines is 1. The normalized spacial score (nSPS) is 18.0. The Kier molecular flexibility index (Phi) is 5.19. The number of nitrogens with two attached hydrogens (primary N) is 1. The first-order chi connectivity index (χ1) is 9.08. The molecule has 1 atom stereocenters. The average Bonchev–Trinajstić information content (AvgIpc) is 2.41. The highest BCUT2D eigenvalue weighted by Gasteiger charge is 2.21. The summed E-state index contributed by atoms with van der Waals surface area (Å²) < 4.78 is 6.39. The molecule has 3 N–H and O–H groups in total. The van der Waals surface area contributed by atoms with Gasteiger partial charge in [-0.3, -0.25) is 0 Å². The zero-order valence-electron chi connectivity index (χ0n) is 11.0. The molecule has 0 aromatic heterocycles. The van der Waals surface area contributed by atoms with Crippen molar-refractivity contribution in [2.45, 2.75) is 25.8 Å². The molecule has 19 heavy (non-hydrogen) atoms. The second-order valence-electron chi connectivity index (χ2n) is 4.94. The van der Waals surface area contributed by atoms with Gasteiger partial charge in [-0.15, -0.1) is 0 Å². The smallest absolute Gasteiger partial charge is 0.106 e. The van der Waals surface area contributed by atoms with Gasteiger partial charge in [0.1, 0.15) is 4.99 Å². The zero-order valence-corrected chi connectivity index (χ0v) is 13.4. The van der Waals surface area contributed by atoms with Gasteiger partial charge in [0.05, 0.1) is 0 Å². The molecule has 1 aromatic rings. The maximum Gasteiger partial charge on any atom is 0.106 e. The second-order valence-corrected chi connectivity index (χ2v) is 6.29. The van der Waals surface area contributed by atoms with Crippen molar-refractivity contribution in [2.24, 2.45) is 11.7 Å². The van der Waals surface area contributed by atoms with Crippen LogP contribution in [0.2, 0.25) is 0 Å². The number of rotatable bonds is 4. The van der Waals surface area contributed by atoms with Crippen LogP contribution in [0, 0.1) is 5.92 Å². The van der Waals surface area contributed by atoms with E-state index in [1.54, 1.807) is 0 Å². The van der Waals surface area contributed by atoms with Crippen LogP contribution in [0.5, 0.6) is 0 Å². The fourth-order valence-electron chi connectivity index (χ4n) is 2.43. The van der Waals surface area contributed by atoms with Gasteiger partial charge >= 0.3 is 0 Å². The van der Waals surface area contributed by atoms with Gasteiger partial charge < -0.3 is 15.8 Å². The van der Waals surface area contributed by atoms with E-state index in [4.69, 9.17) is 22.7 Å². The van der Waals surface area contributed by atoms with Crippen molar-refractivity contribution >= 4 is 38.8 Å². The molecule has 104 valence electrons. The van der Waals surface area contributed by atoms with E-state index in [2.05, 4.69) is 28.2 Å². The number of hydrogen-bond acceptors (Lipinski definition) is 3. The molecule has 3 nitrogen and oxygen atoms in total. The maximum absolute atomic E-state index is 5.79. The molecule has 5 heteroatoms. The molecule has 0 radical (unpaired) electrons. The number of ether oxygens (including phenoxy) is 1. The molecule has 1 unspecified atom stereocenters. The van der Waals surface area contributed by atoms with E-state index in [1.807, 2.05) is 18.2 Å². The minimum absolute atomic E-state index is 0.387. The van der Waals surface area contributed by atoms with Gasteiger partial charge in [0.15, 0.2) is 0 Å². The van der Waals surface area contributed by atoms with Crippen LogP contribution < -0.4 is 11.1 Å². The molecule has 1 saturated heterocycles. The van der Waals surface area contributed by atoms with Crippen LogP contribution in [0.15, 0.2) is 22.7 Å². The van der Waals surface area contributed by atoms with E-state index in [0.29, 0.717) is 16.9 Å². The summed E-state index contributed by atoms with van der Waals surface area (Å²) in [7, 11) is 0. The molecule has 0 spiro atoms. The highest BCUT2D eigenvalue weighted by Crippen LogP contribution is 2.26. The molecule has 0 aliphatic carbocycles. The molecule has 0 amide bonds. The van der Waals surface area contributed by atoms with Crippen molar-refractivity contribution in [1.29, 1.82) is 0 Å². The van der Waals surface area contributed by atoms with Crippen LogP contribution in [0.1, 0.15) is 25.3 Å². The molecule has 2 rings (SSSR count). The first kappa shape index (κ1) is 14.8. The van der Waals surface area contributed by atoms with E-state index < -0.39 is 0 Å². The second kappa shape index (κ2) is 6.68. The van der Waals surface area contributed by atoms with Crippen LogP contribution in [0.25, 0.3) is 0 Å². The lowest BCUT2D eigenvalue weighted by Crippen LogP contribution is -2.31. The Bertz CT molecular complexity index is 461. The first-order valence-electron chi connectivity index (χ1n) is 6.51. The zero-order chi connectivity index (χ0) is 13.8. The molecular weight excluding hydrogens is 324 g/mol. The summed E-state index contributed by atoms with van der Waals surface area (Å²) in [6, 6.07) is 6.37.